The summed E-state index contributed by atoms with van der Waals surface area (Å²) in [7, 11) is -7.26. The van der Waals surface area contributed by atoms with Crippen molar-refractivity contribution < 1.29 is 27.9 Å². The molecule has 2 aromatic rings. The average molecular weight is 864 g/mol. The van der Waals surface area contributed by atoms with E-state index in [0.29, 0.717) is 6.61 Å². The highest BCUT2D eigenvalue weighted by atomic mass is 79.9. The van der Waals surface area contributed by atoms with Crippen LogP contribution in [0.3, 0.4) is 0 Å². The number of carbonyl (C=O) groups excluding carboxylic acids is 1. The Morgan fingerprint density at radius 1 is 0.741 bits per heavy atom. The first-order chi connectivity index (χ1) is 24.5. The fourth-order valence-corrected chi connectivity index (χ4v) is 14.1. The molecule has 2 aromatic carbocycles. The van der Waals surface area contributed by atoms with Gasteiger partial charge in [0.2, 0.25) is 0 Å². The predicted octanol–water partition coefficient (Wildman–Crippen LogP) is 10.6. The van der Waals surface area contributed by atoms with E-state index in [-0.39, 0.29) is 46.1 Å². The van der Waals surface area contributed by atoms with Gasteiger partial charge in [0.15, 0.2) is 16.6 Å². The van der Waals surface area contributed by atoms with Gasteiger partial charge in [-0.05, 0) is 71.4 Å². The van der Waals surface area contributed by atoms with Gasteiger partial charge >= 0.3 is 5.97 Å². The Morgan fingerprint density at radius 3 is 1.59 bits per heavy atom. The Labute approximate surface area is 341 Å². The first-order valence-electron chi connectivity index (χ1n) is 19.9. The second-order valence-corrected chi connectivity index (χ2v) is 35.0. The van der Waals surface area contributed by atoms with Gasteiger partial charge in [-0.15, -0.1) is 0 Å². The number of esters is 1. The molecule has 0 saturated heterocycles. The Balaban J connectivity index is 2.62. The van der Waals surface area contributed by atoms with E-state index in [0.717, 1.165) is 0 Å². The number of alkyl halides is 1. The lowest BCUT2D eigenvalue weighted by molar-refractivity contribution is -0.148. The molecule has 0 aliphatic heterocycles. The monoisotopic (exact) mass is 862 g/mol. The summed E-state index contributed by atoms with van der Waals surface area (Å²) in [5, 5.41) is 13.8. The summed E-state index contributed by atoms with van der Waals surface area (Å²) in [4.78, 5) is 12.9. The zero-order valence-electron chi connectivity index (χ0n) is 36.8. The molecular weight excluding hydrogens is 789 g/mol. The SMILES string of the molecule is CCOC(=O)[C@@](C)(Br)[C@H](O)C[C@H](/C=C\[C@H](C)[C@H](O[Si](C)(C)C(C)(C)C)[C@@H](C)CO[Si](c1ccccc1)(c1ccccc1)C(C)(C)C)O[Si](C)(C)C(C)(C)C. The molecular formula is C44H75BrO6Si3. The molecule has 306 valence electrons. The molecule has 2 rings (SSSR count). The number of rotatable bonds is 18. The summed E-state index contributed by atoms with van der Waals surface area (Å²) in [5.41, 5.74) is 0. The molecule has 0 heterocycles. The molecule has 0 radical (unpaired) electrons. The lowest BCUT2D eigenvalue weighted by atomic mass is 9.92. The minimum atomic E-state index is -2.77. The van der Waals surface area contributed by atoms with E-state index in [9.17, 15) is 9.90 Å². The highest BCUT2D eigenvalue weighted by Crippen LogP contribution is 2.42. The van der Waals surface area contributed by atoms with Crippen LogP contribution in [0.5, 0.6) is 0 Å². The van der Waals surface area contributed by atoms with E-state index in [1.54, 1.807) is 13.8 Å². The topological polar surface area (TPSA) is 74.2 Å². The maximum absolute atomic E-state index is 12.9. The fraction of sp³-hybridized carbons (Fsp3) is 0.659. The molecule has 0 unspecified atom stereocenters. The van der Waals surface area contributed by atoms with Crippen molar-refractivity contribution in [3.63, 3.8) is 0 Å². The molecule has 0 spiro atoms. The van der Waals surface area contributed by atoms with Crippen LogP contribution in [0, 0.1) is 11.8 Å². The van der Waals surface area contributed by atoms with Crippen molar-refractivity contribution in [1.29, 1.82) is 0 Å². The van der Waals surface area contributed by atoms with Crippen LogP contribution in [0.4, 0.5) is 0 Å². The molecule has 0 bridgehead atoms. The van der Waals surface area contributed by atoms with Crippen molar-refractivity contribution in [1.82, 2.24) is 0 Å². The van der Waals surface area contributed by atoms with Gasteiger partial charge in [-0.3, -0.25) is 4.79 Å². The van der Waals surface area contributed by atoms with Gasteiger partial charge in [0.05, 0.1) is 24.9 Å². The smallest absolute Gasteiger partial charge is 0.325 e. The van der Waals surface area contributed by atoms with E-state index in [1.807, 2.05) is 0 Å². The Bertz CT molecular complexity index is 1440. The Kier molecular flexibility index (Phi) is 17.1. The second kappa shape index (κ2) is 18.9. The minimum absolute atomic E-state index is 0.0000481. The normalized spacial score (nSPS) is 17.8. The van der Waals surface area contributed by atoms with Gasteiger partial charge in [0.25, 0.3) is 8.32 Å². The summed E-state index contributed by atoms with van der Waals surface area (Å²) in [6.45, 7) is 38.2. The summed E-state index contributed by atoms with van der Waals surface area (Å²) >= 11 is 3.50. The summed E-state index contributed by atoms with van der Waals surface area (Å²) < 4.78 is 25.8. The van der Waals surface area contributed by atoms with Crippen LogP contribution >= 0.6 is 15.9 Å². The number of carbonyl (C=O) groups is 1. The van der Waals surface area contributed by atoms with Crippen molar-refractivity contribution >= 4 is 57.2 Å². The molecule has 54 heavy (non-hydrogen) atoms. The van der Waals surface area contributed by atoms with Crippen molar-refractivity contribution in [2.75, 3.05) is 13.2 Å². The van der Waals surface area contributed by atoms with Crippen molar-refractivity contribution in [2.24, 2.45) is 11.8 Å². The Morgan fingerprint density at radius 2 is 1.19 bits per heavy atom. The predicted molar refractivity (Wildman–Crippen MR) is 240 cm³/mol. The number of hydrogen-bond donors (Lipinski definition) is 1. The van der Waals surface area contributed by atoms with Gasteiger partial charge < -0.3 is 23.1 Å². The third kappa shape index (κ3) is 12.1. The molecule has 6 nitrogen and oxygen atoms in total. The summed E-state index contributed by atoms with van der Waals surface area (Å²) in [6.07, 6.45) is 2.94. The minimum Gasteiger partial charge on any atom is -0.465 e. The summed E-state index contributed by atoms with van der Waals surface area (Å²) in [5.74, 6) is -0.432. The Hall–Kier alpha value is -1.38. The number of benzene rings is 2. The van der Waals surface area contributed by atoms with Gasteiger partial charge in [-0.1, -0.05) is 165 Å². The molecule has 0 aliphatic carbocycles. The van der Waals surface area contributed by atoms with Crippen LogP contribution in [0.1, 0.15) is 96.4 Å². The number of aliphatic hydroxyl groups excluding tert-OH is 1. The number of aliphatic hydroxyl groups is 1. The van der Waals surface area contributed by atoms with Crippen LogP contribution in [0.15, 0.2) is 72.8 Å². The van der Waals surface area contributed by atoms with Crippen LogP contribution in [0.25, 0.3) is 0 Å². The maximum atomic E-state index is 12.9. The van der Waals surface area contributed by atoms with E-state index in [1.165, 1.54) is 10.4 Å². The third-order valence-corrected chi connectivity index (χ3v) is 26.8. The highest BCUT2D eigenvalue weighted by Gasteiger charge is 2.51. The van der Waals surface area contributed by atoms with E-state index >= 15 is 0 Å². The van der Waals surface area contributed by atoms with Gasteiger partial charge in [-0.25, -0.2) is 0 Å². The number of hydrogen-bond acceptors (Lipinski definition) is 6. The van der Waals surface area contributed by atoms with Gasteiger partial charge in [0, 0.05) is 18.9 Å². The average Bonchev–Trinajstić information content (AvgIpc) is 3.05. The highest BCUT2D eigenvalue weighted by molar-refractivity contribution is 9.10. The standard InChI is InChI=1S/C44H75BrO6Si3/c1-18-48-40(47)44(13,45)38(46)31-35(50-52(14,15)41(4,5)6)30-29-33(2)39(51-53(16,17)42(7,8)9)34(3)32-49-54(43(10,11)12,36-25-21-19-22-26-36)37-27-23-20-24-28-37/h19-30,33-35,38-39,46H,18,31-32H2,1-17H3/b30-29-/t33-,34-,35-,38+,39-,44-/m0/s1. The zero-order valence-corrected chi connectivity index (χ0v) is 41.4. The van der Waals surface area contributed by atoms with E-state index in [2.05, 4.69) is 191 Å². The molecule has 0 aromatic heterocycles. The van der Waals surface area contributed by atoms with Crippen LogP contribution in [0.2, 0.25) is 41.3 Å². The molecule has 0 amide bonds. The largest absolute Gasteiger partial charge is 0.465 e. The van der Waals surface area contributed by atoms with E-state index < -0.39 is 47.5 Å². The zero-order chi connectivity index (χ0) is 41.6. The molecule has 0 saturated carbocycles. The second-order valence-electron chi connectivity index (χ2n) is 19.5. The van der Waals surface area contributed by atoms with Crippen LogP contribution < -0.4 is 10.4 Å². The molecule has 0 aliphatic rings. The van der Waals surface area contributed by atoms with Crippen molar-refractivity contribution in [3.8, 4) is 0 Å². The van der Waals surface area contributed by atoms with Crippen molar-refractivity contribution in [3.05, 3.63) is 72.8 Å². The molecule has 6 atom stereocenters. The molecule has 10 heteroatoms. The van der Waals surface area contributed by atoms with Crippen LogP contribution in [-0.4, -0.2) is 71.9 Å². The van der Waals surface area contributed by atoms with E-state index in [4.69, 9.17) is 18.0 Å². The summed E-state index contributed by atoms with van der Waals surface area (Å²) in [6, 6.07) is 21.6. The number of halogens is 1. The van der Waals surface area contributed by atoms with Gasteiger partial charge in [0.1, 0.15) is 4.32 Å². The number of ether oxygens (including phenoxy) is 1. The van der Waals surface area contributed by atoms with Gasteiger partial charge in [-0.2, -0.15) is 0 Å². The van der Waals surface area contributed by atoms with Crippen molar-refractivity contribution in [2.45, 2.75) is 160 Å². The first-order valence-corrected chi connectivity index (χ1v) is 28.4. The fourth-order valence-electron chi connectivity index (χ4n) is 6.35. The lowest BCUT2D eigenvalue weighted by Gasteiger charge is -2.45. The van der Waals surface area contributed by atoms with Crippen LogP contribution in [-0.2, 0) is 22.8 Å². The molecule has 1 N–H and O–H groups in total. The maximum Gasteiger partial charge on any atom is 0.325 e. The molecule has 0 fully saturated rings. The first kappa shape index (κ1) is 48.8. The lowest BCUT2D eigenvalue weighted by Crippen LogP contribution is -2.67. The third-order valence-electron chi connectivity index (χ3n) is 11.9. The quantitative estimate of drug-likeness (QED) is 0.0697.